The molecular weight excluding hydrogens is 263 g/mol. The number of nitrogen functional groups attached to an aromatic ring is 2. The molecule has 0 saturated heterocycles. The molecule has 1 aromatic heterocycles. The van der Waals surface area contributed by atoms with Crippen molar-refractivity contribution in [2.24, 2.45) is 0 Å². The number of rotatable bonds is 4. The lowest BCUT2D eigenvalue weighted by molar-refractivity contribution is 0.337. The molecule has 1 heterocycles. The molecule has 2 aromatic rings. The van der Waals surface area contributed by atoms with Crippen LogP contribution in [0.3, 0.4) is 0 Å². The predicted octanol–water partition coefficient (Wildman–Crippen LogP) is 1.39. The topological polar surface area (TPSA) is 96.3 Å². The lowest BCUT2D eigenvalue weighted by Crippen LogP contribution is -2.04. The average Bonchev–Trinajstić information content (AvgIpc) is 2.41. The number of methoxy groups -OCH3 is 2. The molecule has 20 heavy (non-hydrogen) atoms. The maximum atomic E-state index is 13.9. The minimum Gasteiger partial charge on any atom is -0.493 e. The van der Waals surface area contributed by atoms with Gasteiger partial charge in [0.05, 0.1) is 14.2 Å². The third kappa shape index (κ3) is 2.71. The molecule has 4 N–H and O–H groups in total. The molecule has 6 nitrogen and oxygen atoms in total. The van der Waals surface area contributed by atoms with Crippen LogP contribution in [0.25, 0.3) is 0 Å². The molecule has 106 valence electrons. The van der Waals surface area contributed by atoms with Crippen LogP contribution in [0.4, 0.5) is 16.2 Å². The van der Waals surface area contributed by atoms with Crippen molar-refractivity contribution in [1.82, 2.24) is 9.97 Å². The Balaban J connectivity index is 2.36. The van der Waals surface area contributed by atoms with Gasteiger partial charge in [0.1, 0.15) is 5.82 Å². The molecule has 0 spiro atoms. The highest BCUT2D eigenvalue weighted by Gasteiger charge is 2.13. The quantitative estimate of drug-likeness (QED) is 0.877. The lowest BCUT2D eigenvalue weighted by Gasteiger charge is -2.11. The van der Waals surface area contributed by atoms with Crippen molar-refractivity contribution in [3.05, 3.63) is 35.3 Å². The molecule has 0 radical (unpaired) electrons. The van der Waals surface area contributed by atoms with Gasteiger partial charge in [0.15, 0.2) is 17.3 Å². The zero-order valence-electron chi connectivity index (χ0n) is 11.2. The summed E-state index contributed by atoms with van der Waals surface area (Å²) in [5, 5.41) is 0. The van der Waals surface area contributed by atoms with Crippen LogP contribution in [-0.4, -0.2) is 24.2 Å². The van der Waals surface area contributed by atoms with Crippen molar-refractivity contribution in [3.63, 3.8) is 0 Å². The van der Waals surface area contributed by atoms with Crippen molar-refractivity contribution in [3.8, 4) is 11.5 Å². The Bertz CT molecular complexity index is 634. The molecule has 0 saturated carbocycles. The van der Waals surface area contributed by atoms with E-state index in [0.717, 1.165) is 0 Å². The number of nitrogens with two attached hydrogens (primary N) is 2. The van der Waals surface area contributed by atoms with Gasteiger partial charge < -0.3 is 20.9 Å². The molecule has 2 rings (SSSR count). The van der Waals surface area contributed by atoms with Crippen molar-refractivity contribution < 1.29 is 13.9 Å². The van der Waals surface area contributed by atoms with Gasteiger partial charge in [-0.05, 0) is 17.7 Å². The molecule has 0 aliphatic rings. The molecule has 0 unspecified atom stereocenters. The van der Waals surface area contributed by atoms with Gasteiger partial charge in [0.25, 0.3) is 0 Å². The van der Waals surface area contributed by atoms with Crippen molar-refractivity contribution in [2.45, 2.75) is 6.42 Å². The Morgan fingerprint density at radius 1 is 1.20 bits per heavy atom. The summed E-state index contributed by atoms with van der Waals surface area (Å²) in [6.07, 6.45) is 1.88. The third-order valence-corrected chi connectivity index (χ3v) is 2.80. The first-order valence-corrected chi connectivity index (χ1v) is 5.82. The SMILES string of the molecule is COc1cc(Cc2cnc(N)nc2N)cc(F)c1OC. The molecule has 7 heteroatoms. The fourth-order valence-corrected chi connectivity index (χ4v) is 1.86. The summed E-state index contributed by atoms with van der Waals surface area (Å²) in [4.78, 5) is 7.74. The number of hydrogen-bond acceptors (Lipinski definition) is 6. The molecule has 1 aromatic carbocycles. The lowest BCUT2D eigenvalue weighted by atomic mass is 10.1. The summed E-state index contributed by atoms with van der Waals surface area (Å²) in [7, 11) is 2.83. The predicted molar refractivity (Wildman–Crippen MR) is 73.2 cm³/mol. The van der Waals surface area contributed by atoms with Crippen molar-refractivity contribution in [1.29, 1.82) is 0 Å². The second kappa shape index (κ2) is 5.60. The van der Waals surface area contributed by atoms with Crippen LogP contribution in [0.1, 0.15) is 11.1 Å². The highest BCUT2D eigenvalue weighted by Crippen LogP contribution is 2.32. The molecule has 0 bridgehead atoms. The highest BCUT2D eigenvalue weighted by atomic mass is 19.1. The van der Waals surface area contributed by atoms with E-state index < -0.39 is 5.82 Å². The number of hydrogen-bond donors (Lipinski definition) is 2. The summed E-state index contributed by atoms with van der Waals surface area (Å²) in [6, 6.07) is 3.04. The van der Waals surface area contributed by atoms with E-state index in [4.69, 9.17) is 20.9 Å². The number of halogens is 1. The Morgan fingerprint density at radius 3 is 2.55 bits per heavy atom. The number of benzene rings is 1. The first-order valence-electron chi connectivity index (χ1n) is 5.82. The van der Waals surface area contributed by atoms with Gasteiger partial charge in [0, 0.05) is 18.2 Å². The van der Waals surface area contributed by atoms with Gasteiger partial charge in [-0.3, -0.25) is 0 Å². The van der Waals surface area contributed by atoms with E-state index in [1.165, 1.54) is 26.5 Å². The van der Waals surface area contributed by atoms with Crippen LogP contribution in [-0.2, 0) is 6.42 Å². The minimum absolute atomic E-state index is 0.0674. The monoisotopic (exact) mass is 278 g/mol. The van der Waals surface area contributed by atoms with Gasteiger partial charge in [0.2, 0.25) is 5.95 Å². The normalized spacial score (nSPS) is 10.3. The molecule has 0 aliphatic heterocycles. The Hall–Kier alpha value is -2.57. The van der Waals surface area contributed by atoms with Gasteiger partial charge in [-0.1, -0.05) is 0 Å². The van der Waals surface area contributed by atoms with Gasteiger partial charge in [-0.25, -0.2) is 9.37 Å². The molecular formula is C13H15FN4O2. The zero-order chi connectivity index (χ0) is 14.7. The van der Waals surface area contributed by atoms with E-state index in [1.54, 1.807) is 6.07 Å². The maximum absolute atomic E-state index is 13.9. The second-order valence-electron chi connectivity index (χ2n) is 4.13. The van der Waals surface area contributed by atoms with Crippen LogP contribution in [0.2, 0.25) is 0 Å². The van der Waals surface area contributed by atoms with Gasteiger partial charge >= 0.3 is 0 Å². The second-order valence-corrected chi connectivity index (χ2v) is 4.13. The number of ether oxygens (including phenoxy) is 2. The maximum Gasteiger partial charge on any atom is 0.221 e. The largest absolute Gasteiger partial charge is 0.493 e. The average molecular weight is 278 g/mol. The van der Waals surface area contributed by atoms with E-state index in [0.29, 0.717) is 23.3 Å². The fourth-order valence-electron chi connectivity index (χ4n) is 1.86. The number of aromatic nitrogens is 2. The van der Waals surface area contributed by atoms with E-state index in [1.807, 2.05) is 0 Å². The molecule has 0 atom stereocenters. The summed E-state index contributed by atoms with van der Waals surface area (Å²) >= 11 is 0. The van der Waals surface area contributed by atoms with Crippen molar-refractivity contribution >= 4 is 11.8 Å². The van der Waals surface area contributed by atoms with E-state index >= 15 is 0 Å². The molecule has 0 fully saturated rings. The minimum atomic E-state index is -0.503. The fraction of sp³-hybridized carbons (Fsp3) is 0.231. The van der Waals surface area contributed by atoms with Crippen LogP contribution in [0.5, 0.6) is 11.5 Å². The van der Waals surface area contributed by atoms with E-state index in [2.05, 4.69) is 9.97 Å². The van der Waals surface area contributed by atoms with Gasteiger partial charge in [-0.15, -0.1) is 0 Å². The van der Waals surface area contributed by atoms with Crippen LogP contribution < -0.4 is 20.9 Å². The summed E-state index contributed by atoms with van der Waals surface area (Å²) in [6.45, 7) is 0. The van der Waals surface area contributed by atoms with Crippen LogP contribution >= 0.6 is 0 Å². The van der Waals surface area contributed by atoms with E-state index in [-0.39, 0.29) is 17.5 Å². The first kappa shape index (κ1) is 13.9. The standard InChI is InChI=1S/C13H15FN4O2/c1-19-10-5-7(4-9(14)11(10)20-2)3-8-6-17-13(16)18-12(8)15/h4-6H,3H2,1-2H3,(H4,15,16,17,18). The summed E-state index contributed by atoms with van der Waals surface area (Å²) in [5.41, 5.74) is 12.5. The molecule has 0 amide bonds. The van der Waals surface area contributed by atoms with E-state index in [9.17, 15) is 4.39 Å². The number of nitrogens with zero attached hydrogens (tertiary/aromatic N) is 2. The Morgan fingerprint density at radius 2 is 1.95 bits per heavy atom. The van der Waals surface area contributed by atoms with Crippen LogP contribution in [0, 0.1) is 5.82 Å². The van der Waals surface area contributed by atoms with Gasteiger partial charge in [-0.2, -0.15) is 4.98 Å². The first-order chi connectivity index (χ1) is 9.55. The highest BCUT2D eigenvalue weighted by molar-refractivity contribution is 5.48. The molecule has 0 aliphatic carbocycles. The van der Waals surface area contributed by atoms with Crippen LogP contribution in [0.15, 0.2) is 18.3 Å². The number of anilines is 2. The third-order valence-electron chi connectivity index (χ3n) is 2.80. The summed E-state index contributed by atoms with van der Waals surface area (Å²) in [5.74, 6) is 0.254. The zero-order valence-corrected chi connectivity index (χ0v) is 11.2. The Labute approximate surface area is 115 Å². The summed E-state index contributed by atoms with van der Waals surface area (Å²) < 4.78 is 23.9. The smallest absolute Gasteiger partial charge is 0.221 e. The Kier molecular flexibility index (Phi) is 3.88. The van der Waals surface area contributed by atoms with Crippen molar-refractivity contribution in [2.75, 3.05) is 25.7 Å².